The van der Waals surface area contributed by atoms with Crippen molar-refractivity contribution in [2.24, 2.45) is 5.73 Å². The van der Waals surface area contributed by atoms with Gasteiger partial charge in [0.15, 0.2) is 0 Å². The highest BCUT2D eigenvalue weighted by Crippen LogP contribution is 2.22. The molecule has 0 saturated carbocycles. The van der Waals surface area contributed by atoms with Crippen molar-refractivity contribution in [3.05, 3.63) is 54.4 Å². The van der Waals surface area contributed by atoms with Crippen LogP contribution in [0, 0.1) is 0 Å². The standard InChI is InChI=1S/C18H21N5O/c1-22(2)11-9-20-14-7-5-13(6-8-14)16-12-23-10-3-4-15(17(19)24)18(23)21-16/h3-8,10,12,20H,9,11H2,1-2H3,(H2,19,24). The molecule has 3 N–H and O–H groups in total. The Bertz CT molecular complexity index is 851. The fourth-order valence-corrected chi connectivity index (χ4v) is 2.53. The van der Waals surface area contributed by atoms with Gasteiger partial charge in [-0.15, -0.1) is 0 Å². The lowest BCUT2D eigenvalue weighted by atomic mass is 10.1. The van der Waals surface area contributed by atoms with E-state index in [4.69, 9.17) is 5.73 Å². The molecule has 0 aliphatic carbocycles. The van der Waals surface area contributed by atoms with E-state index in [1.54, 1.807) is 12.1 Å². The molecular weight excluding hydrogens is 302 g/mol. The lowest BCUT2D eigenvalue weighted by molar-refractivity contribution is 0.100. The Labute approximate surface area is 140 Å². The number of benzene rings is 1. The Morgan fingerprint density at radius 3 is 2.67 bits per heavy atom. The second-order valence-corrected chi connectivity index (χ2v) is 5.95. The smallest absolute Gasteiger partial charge is 0.252 e. The summed E-state index contributed by atoms with van der Waals surface area (Å²) in [7, 11) is 4.10. The molecule has 0 bridgehead atoms. The van der Waals surface area contributed by atoms with Crippen LogP contribution in [0.2, 0.25) is 0 Å². The number of hydrogen-bond acceptors (Lipinski definition) is 4. The van der Waals surface area contributed by atoms with Gasteiger partial charge >= 0.3 is 0 Å². The van der Waals surface area contributed by atoms with Gasteiger partial charge in [-0.3, -0.25) is 4.79 Å². The van der Waals surface area contributed by atoms with E-state index in [0.717, 1.165) is 30.0 Å². The SMILES string of the molecule is CN(C)CCNc1ccc(-c2cn3cccc(C(N)=O)c3n2)cc1. The maximum absolute atomic E-state index is 11.5. The summed E-state index contributed by atoms with van der Waals surface area (Å²) in [5.74, 6) is -0.474. The van der Waals surface area contributed by atoms with Gasteiger partial charge in [0.25, 0.3) is 5.91 Å². The molecule has 0 aliphatic rings. The highest BCUT2D eigenvalue weighted by molar-refractivity contribution is 5.98. The second-order valence-electron chi connectivity index (χ2n) is 5.95. The number of nitrogens with two attached hydrogens (primary N) is 1. The number of anilines is 1. The molecule has 124 valence electrons. The molecule has 3 rings (SSSR count). The summed E-state index contributed by atoms with van der Waals surface area (Å²) in [5.41, 5.74) is 9.28. The van der Waals surface area contributed by atoms with E-state index in [-0.39, 0.29) is 0 Å². The first-order chi connectivity index (χ1) is 11.5. The largest absolute Gasteiger partial charge is 0.384 e. The Balaban J connectivity index is 1.83. The molecule has 24 heavy (non-hydrogen) atoms. The Morgan fingerprint density at radius 1 is 1.25 bits per heavy atom. The summed E-state index contributed by atoms with van der Waals surface area (Å²) in [5, 5.41) is 3.38. The maximum atomic E-state index is 11.5. The zero-order valence-electron chi connectivity index (χ0n) is 13.9. The number of carbonyl (C=O) groups is 1. The van der Waals surface area contributed by atoms with Crippen LogP contribution in [0.15, 0.2) is 48.8 Å². The van der Waals surface area contributed by atoms with Gasteiger partial charge in [-0.2, -0.15) is 0 Å². The summed E-state index contributed by atoms with van der Waals surface area (Å²) >= 11 is 0. The van der Waals surface area contributed by atoms with E-state index in [2.05, 4.69) is 29.3 Å². The first-order valence-corrected chi connectivity index (χ1v) is 7.81. The zero-order chi connectivity index (χ0) is 17.1. The van der Waals surface area contributed by atoms with E-state index in [9.17, 15) is 4.79 Å². The summed E-state index contributed by atoms with van der Waals surface area (Å²) in [6.45, 7) is 1.87. The molecule has 3 aromatic rings. The van der Waals surface area contributed by atoms with Crippen LogP contribution in [0.4, 0.5) is 5.69 Å². The fraction of sp³-hybridized carbons (Fsp3) is 0.222. The maximum Gasteiger partial charge on any atom is 0.252 e. The third-order valence-corrected chi connectivity index (χ3v) is 3.82. The van der Waals surface area contributed by atoms with E-state index < -0.39 is 5.91 Å². The lowest BCUT2D eigenvalue weighted by Gasteiger charge is -2.11. The van der Waals surface area contributed by atoms with Crippen LogP contribution in [0.3, 0.4) is 0 Å². The van der Waals surface area contributed by atoms with Crippen molar-refractivity contribution >= 4 is 17.2 Å². The van der Waals surface area contributed by atoms with Crippen molar-refractivity contribution in [2.45, 2.75) is 0 Å². The molecule has 1 amide bonds. The molecule has 2 heterocycles. The first kappa shape index (κ1) is 16.0. The summed E-state index contributed by atoms with van der Waals surface area (Å²) in [6.07, 6.45) is 3.76. The highest BCUT2D eigenvalue weighted by Gasteiger charge is 2.11. The number of primary amides is 1. The molecular formula is C18H21N5O. The third kappa shape index (κ3) is 3.38. The van der Waals surface area contributed by atoms with Crippen molar-refractivity contribution < 1.29 is 4.79 Å². The molecule has 2 aromatic heterocycles. The van der Waals surface area contributed by atoms with Crippen LogP contribution in [0.25, 0.3) is 16.9 Å². The number of imidazole rings is 1. The molecule has 0 radical (unpaired) electrons. The van der Waals surface area contributed by atoms with Gasteiger partial charge < -0.3 is 20.4 Å². The molecule has 1 aromatic carbocycles. The molecule has 0 spiro atoms. The zero-order valence-corrected chi connectivity index (χ0v) is 13.9. The summed E-state index contributed by atoms with van der Waals surface area (Å²) < 4.78 is 1.82. The van der Waals surface area contributed by atoms with E-state index >= 15 is 0 Å². The summed E-state index contributed by atoms with van der Waals surface area (Å²) in [4.78, 5) is 18.2. The minimum atomic E-state index is -0.474. The van der Waals surface area contributed by atoms with Gasteiger partial charge in [0, 0.05) is 36.7 Å². The number of likely N-dealkylation sites (N-methyl/N-ethyl adjacent to an activating group) is 1. The van der Waals surface area contributed by atoms with Gasteiger partial charge in [-0.05, 0) is 38.4 Å². The second kappa shape index (κ2) is 6.72. The number of amides is 1. The first-order valence-electron chi connectivity index (χ1n) is 7.81. The molecule has 6 nitrogen and oxygen atoms in total. The van der Waals surface area contributed by atoms with Crippen molar-refractivity contribution in [2.75, 3.05) is 32.5 Å². The molecule has 0 saturated heterocycles. The van der Waals surface area contributed by atoms with Crippen molar-refractivity contribution in [1.29, 1.82) is 0 Å². The minimum Gasteiger partial charge on any atom is -0.384 e. The van der Waals surface area contributed by atoms with Gasteiger partial charge in [0.2, 0.25) is 0 Å². The molecule has 0 aliphatic heterocycles. The number of rotatable bonds is 6. The quantitative estimate of drug-likeness (QED) is 0.728. The Hall–Kier alpha value is -2.86. The Kier molecular flexibility index (Phi) is 4.48. The van der Waals surface area contributed by atoms with E-state index in [0.29, 0.717) is 11.2 Å². The van der Waals surface area contributed by atoms with Crippen LogP contribution < -0.4 is 11.1 Å². The number of nitrogens with one attached hydrogen (secondary N) is 1. The van der Waals surface area contributed by atoms with Crippen molar-refractivity contribution in [1.82, 2.24) is 14.3 Å². The van der Waals surface area contributed by atoms with Crippen LogP contribution in [-0.2, 0) is 0 Å². The number of pyridine rings is 1. The monoisotopic (exact) mass is 323 g/mol. The third-order valence-electron chi connectivity index (χ3n) is 3.82. The predicted molar refractivity (Wildman–Crippen MR) is 96.2 cm³/mol. The van der Waals surface area contributed by atoms with E-state index in [1.807, 2.05) is 41.1 Å². The van der Waals surface area contributed by atoms with Gasteiger partial charge in [0.1, 0.15) is 5.65 Å². The predicted octanol–water partition coefficient (Wildman–Crippen LogP) is 2.07. The van der Waals surface area contributed by atoms with Crippen LogP contribution in [0.5, 0.6) is 0 Å². The summed E-state index contributed by atoms with van der Waals surface area (Å²) in [6, 6.07) is 11.6. The topological polar surface area (TPSA) is 75.7 Å². The normalized spacial score (nSPS) is 11.1. The molecule has 0 fully saturated rings. The van der Waals surface area contributed by atoms with Crippen molar-refractivity contribution in [3.8, 4) is 11.3 Å². The van der Waals surface area contributed by atoms with Gasteiger partial charge in [-0.1, -0.05) is 12.1 Å². The van der Waals surface area contributed by atoms with E-state index in [1.165, 1.54) is 0 Å². The lowest BCUT2D eigenvalue weighted by Crippen LogP contribution is -2.20. The number of carbonyl (C=O) groups excluding carboxylic acids is 1. The average molecular weight is 323 g/mol. The van der Waals surface area contributed by atoms with Crippen LogP contribution in [-0.4, -0.2) is 47.4 Å². The van der Waals surface area contributed by atoms with Gasteiger partial charge in [-0.25, -0.2) is 4.98 Å². The highest BCUT2D eigenvalue weighted by atomic mass is 16.1. The van der Waals surface area contributed by atoms with Crippen LogP contribution in [0.1, 0.15) is 10.4 Å². The number of hydrogen-bond donors (Lipinski definition) is 2. The fourth-order valence-electron chi connectivity index (χ4n) is 2.53. The molecule has 0 unspecified atom stereocenters. The van der Waals surface area contributed by atoms with Gasteiger partial charge in [0.05, 0.1) is 11.3 Å². The molecule has 0 atom stereocenters. The number of fused-ring (bicyclic) bond motifs is 1. The molecule has 6 heteroatoms. The number of nitrogens with zero attached hydrogens (tertiary/aromatic N) is 3. The Morgan fingerprint density at radius 2 is 2.00 bits per heavy atom. The number of aromatic nitrogens is 2. The average Bonchev–Trinajstić information content (AvgIpc) is 2.99. The minimum absolute atomic E-state index is 0.422. The van der Waals surface area contributed by atoms with Crippen molar-refractivity contribution in [3.63, 3.8) is 0 Å². The van der Waals surface area contributed by atoms with Crippen LogP contribution >= 0.6 is 0 Å².